The van der Waals surface area contributed by atoms with Gasteiger partial charge in [-0.25, -0.2) is 13.4 Å². The van der Waals surface area contributed by atoms with Crippen LogP contribution in [0.5, 0.6) is 0 Å². The lowest BCUT2D eigenvalue weighted by Crippen LogP contribution is -2.27. The van der Waals surface area contributed by atoms with Crippen LogP contribution in [0.2, 0.25) is 0 Å². The second-order valence-corrected chi connectivity index (χ2v) is 7.50. The van der Waals surface area contributed by atoms with Gasteiger partial charge in [0.25, 0.3) is 0 Å². The molecule has 0 unspecified atom stereocenters. The van der Waals surface area contributed by atoms with Gasteiger partial charge in [-0.2, -0.15) is 0 Å². The highest BCUT2D eigenvalue weighted by atomic mass is 32.2. The monoisotopic (exact) mass is 297 g/mol. The molecule has 20 heavy (non-hydrogen) atoms. The van der Waals surface area contributed by atoms with Crippen LogP contribution in [0.25, 0.3) is 0 Å². The third-order valence-electron chi connectivity index (χ3n) is 3.45. The number of hydrogen-bond acceptors (Lipinski definition) is 5. The van der Waals surface area contributed by atoms with E-state index in [4.69, 9.17) is 0 Å². The molecule has 112 valence electrons. The quantitative estimate of drug-likeness (QED) is 0.828. The zero-order valence-corrected chi connectivity index (χ0v) is 12.8. The third-order valence-corrected chi connectivity index (χ3v) is 5.16. The number of anilines is 1. The lowest BCUT2D eigenvalue weighted by Gasteiger charge is -2.21. The van der Waals surface area contributed by atoms with E-state index in [-0.39, 0.29) is 5.75 Å². The topological polar surface area (TPSA) is 62.3 Å². The fourth-order valence-electron chi connectivity index (χ4n) is 2.32. The lowest BCUT2D eigenvalue weighted by molar-refractivity contribution is 0.597. The predicted octanol–water partition coefficient (Wildman–Crippen LogP) is 1.21. The van der Waals surface area contributed by atoms with Gasteiger partial charge in [-0.15, -0.1) is 0 Å². The van der Waals surface area contributed by atoms with E-state index < -0.39 is 9.84 Å². The van der Waals surface area contributed by atoms with Crippen molar-refractivity contribution in [2.75, 3.05) is 36.0 Å². The average molecular weight is 297 g/mol. The molecule has 0 spiro atoms. The molecule has 1 aromatic heterocycles. The highest BCUT2D eigenvalue weighted by molar-refractivity contribution is 7.91. The first-order valence-corrected chi connectivity index (χ1v) is 9.04. The Morgan fingerprint density at radius 3 is 3.00 bits per heavy atom. The fourth-order valence-corrected chi connectivity index (χ4v) is 3.59. The van der Waals surface area contributed by atoms with E-state index >= 15 is 0 Å². The summed E-state index contributed by atoms with van der Waals surface area (Å²) in [4.78, 5) is 6.46. The highest BCUT2D eigenvalue weighted by Crippen LogP contribution is 2.16. The van der Waals surface area contributed by atoms with Gasteiger partial charge in [0.15, 0.2) is 9.84 Å². The van der Waals surface area contributed by atoms with Crippen molar-refractivity contribution < 1.29 is 8.42 Å². The third kappa shape index (κ3) is 4.45. The van der Waals surface area contributed by atoms with E-state index in [1.54, 1.807) is 6.20 Å². The Morgan fingerprint density at radius 2 is 2.20 bits per heavy atom. The summed E-state index contributed by atoms with van der Waals surface area (Å²) in [6.07, 6.45) is 3.60. The standard InChI is InChI=1S/C14H23N3O2S/c1-2-5-15-12-13-4-6-16-14(11-13)17-7-3-9-20(18,19)10-8-17/h4,6,11,15H,2-3,5,7-10,12H2,1H3. The van der Waals surface area contributed by atoms with E-state index in [1.165, 1.54) is 5.56 Å². The van der Waals surface area contributed by atoms with Crippen LogP contribution in [0.3, 0.4) is 0 Å². The molecule has 0 atom stereocenters. The highest BCUT2D eigenvalue weighted by Gasteiger charge is 2.19. The summed E-state index contributed by atoms with van der Waals surface area (Å²) in [5.74, 6) is 1.41. The summed E-state index contributed by atoms with van der Waals surface area (Å²) < 4.78 is 23.3. The Labute approximate surface area is 121 Å². The maximum absolute atomic E-state index is 11.6. The maximum atomic E-state index is 11.6. The minimum Gasteiger partial charge on any atom is -0.356 e. The fraction of sp³-hybridized carbons (Fsp3) is 0.643. The molecule has 1 aromatic rings. The summed E-state index contributed by atoms with van der Waals surface area (Å²) in [6, 6.07) is 4.06. The van der Waals surface area contributed by atoms with Gasteiger partial charge in [0.1, 0.15) is 5.82 Å². The van der Waals surface area contributed by atoms with E-state index in [0.29, 0.717) is 18.7 Å². The van der Waals surface area contributed by atoms with Crippen molar-refractivity contribution >= 4 is 15.7 Å². The zero-order chi connectivity index (χ0) is 14.4. The van der Waals surface area contributed by atoms with Gasteiger partial charge in [-0.1, -0.05) is 6.92 Å². The van der Waals surface area contributed by atoms with E-state index in [2.05, 4.69) is 28.2 Å². The molecule has 0 bridgehead atoms. The van der Waals surface area contributed by atoms with Gasteiger partial charge < -0.3 is 10.2 Å². The Hall–Kier alpha value is -1.14. The molecule has 1 aliphatic rings. The van der Waals surface area contributed by atoms with Crippen molar-refractivity contribution in [3.05, 3.63) is 23.9 Å². The SMILES string of the molecule is CCCNCc1ccnc(N2CCCS(=O)(=O)CC2)c1. The molecule has 1 N–H and O–H groups in total. The Morgan fingerprint density at radius 1 is 1.35 bits per heavy atom. The number of nitrogens with zero attached hydrogens (tertiary/aromatic N) is 2. The summed E-state index contributed by atoms with van der Waals surface area (Å²) in [5, 5.41) is 3.36. The summed E-state index contributed by atoms with van der Waals surface area (Å²) in [6.45, 7) is 5.27. The molecule has 0 aliphatic carbocycles. The molecule has 6 heteroatoms. The van der Waals surface area contributed by atoms with E-state index in [9.17, 15) is 8.42 Å². The average Bonchev–Trinajstić information content (AvgIpc) is 2.60. The first kappa shape index (κ1) is 15.3. The number of pyridine rings is 1. The van der Waals surface area contributed by atoms with Crippen molar-refractivity contribution in [2.45, 2.75) is 26.3 Å². The van der Waals surface area contributed by atoms with Crippen LogP contribution >= 0.6 is 0 Å². The van der Waals surface area contributed by atoms with Crippen LogP contribution in [0.15, 0.2) is 18.3 Å². The van der Waals surface area contributed by atoms with Gasteiger partial charge in [-0.05, 0) is 37.1 Å². The van der Waals surface area contributed by atoms with Crippen LogP contribution in [0.1, 0.15) is 25.3 Å². The van der Waals surface area contributed by atoms with Gasteiger partial charge >= 0.3 is 0 Å². The normalized spacial score (nSPS) is 18.8. The lowest BCUT2D eigenvalue weighted by atomic mass is 10.2. The molecule has 2 rings (SSSR count). The number of aromatic nitrogens is 1. The van der Waals surface area contributed by atoms with Crippen molar-refractivity contribution in [2.24, 2.45) is 0 Å². The number of nitrogens with one attached hydrogen (secondary N) is 1. The molecule has 0 aromatic carbocycles. The summed E-state index contributed by atoms with van der Waals surface area (Å²) in [5.41, 5.74) is 1.19. The van der Waals surface area contributed by atoms with E-state index in [1.807, 2.05) is 6.07 Å². The second kappa shape index (κ2) is 7.04. The molecule has 1 aliphatic heterocycles. The predicted molar refractivity (Wildman–Crippen MR) is 81.7 cm³/mol. The Balaban J connectivity index is 2.02. The molecule has 5 nitrogen and oxygen atoms in total. The first-order valence-electron chi connectivity index (χ1n) is 7.22. The Bertz CT molecular complexity index is 531. The summed E-state index contributed by atoms with van der Waals surface area (Å²) >= 11 is 0. The maximum Gasteiger partial charge on any atom is 0.152 e. The van der Waals surface area contributed by atoms with Crippen LogP contribution in [-0.2, 0) is 16.4 Å². The van der Waals surface area contributed by atoms with Gasteiger partial charge in [-0.3, -0.25) is 0 Å². The second-order valence-electron chi connectivity index (χ2n) is 5.19. The largest absolute Gasteiger partial charge is 0.356 e. The smallest absolute Gasteiger partial charge is 0.152 e. The van der Waals surface area contributed by atoms with Crippen molar-refractivity contribution in [3.8, 4) is 0 Å². The van der Waals surface area contributed by atoms with Crippen LogP contribution in [0.4, 0.5) is 5.82 Å². The van der Waals surface area contributed by atoms with Crippen molar-refractivity contribution in [3.63, 3.8) is 0 Å². The molecular formula is C14H23N3O2S. The first-order chi connectivity index (χ1) is 9.61. The van der Waals surface area contributed by atoms with Gasteiger partial charge in [0, 0.05) is 25.8 Å². The molecule has 0 radical (unpaired) electrons. The molecule has 0 amide bonds. The van der Waals surface area contributed by atoms with Crippen molar-refractivity contribution in [1.29, 1.82) is 0 Å². The van der Waals surface area contributed by atoms with Crippen molar-refractivity contribution in [1.82, 2.24) is 10.3 Å². The molecule has 1 saturated heterocycles. The van der Waals surface area contributed by atoms with Crippen LogP contribution < -0.4 is 10.2 Å². The molecule has 2 heterocycles. The van der Waals surface area contributed by atoms with Crippen LogP contribution in [-0.4, -0.2) is 44.5 Å². The van der Waals surface area contributed by atoms with Gasteiger partial charge in [0.2, 0.25) is 0 Å². The van der Waals surface area contributed by atoms with E-state index in [0.717, 1.165) is 31.9 Å². The minimum atomic E-state index is -2.87. The number of hydrogen-bond donors (Lipinski definition) is 1. The number of rotatable bonds is 5. The molecule has 1 fully saturated rings. The summed E-state index contributed by atoms with van der Waals surface area (Å²) in [7, 11) is -2.87. The molecular weight excluding hydrogens is 274 g/mol. The van der Waals surface area contributed by atoms with Crippen LogP contribution in [0, 0.1) is 0 Å². The Kier molecular flexibility index (Phi) is 5.37. The molecule has 0 saturated carbocycles. The zero-order valence-electron chi connectivity index (χ0n) is 12.0. The van der Waals surface area contributed by atoms with Gasteiger partial charge in [0.05, 0.1) is 11.5 Å². The minimum absolute atomic E-state index is 0.229. The number of sulfone groups is 1.